The summed E-state index contributed by atoms with van der Waals surface area (Å²) in [5.41, 5.74) is 8.69. The Morgan fingerprint density at radius 1 is 1.32 bits per heavy atom. The largest absolute Gasteiger partial charge is 0.367 e. The van der Waals surface area contributed by atoms with Crippen molar-refractivity contribution in [3.63, 3.8) is 0 Å². The molecule has 1 aromatic heterocycles. The number of nitrogens with two attached hydrogens (primary N) is 1. The smallest absolute Gasteiger partial charge is 0.0555 e. The van der Waals surface area contributed by atoms with E-state index in [4.69, 9.17) is 17.3 Å². The molecule has 2 aromatic rings. The zero-order valence-corrected chi connectivity index (χ0v) is 11.9. The lowest BCUT2D eigenvalue weighted by atomic mass is 10.1. The van der Waals surface area contributed by atoms with Gasteiger partial charge in [0, 0.05) is 18.6 Å². The van der Waals surface area contributed by atoms with Crippen LogP contribution in [-0.4, -0.2) is 12.0 Å². The van der Waals surface area contributed by atoms with Gasteiger partial charge in [0.25, 0.3) is 0 Å². The number of hydrogen-bond acceptors (Lipinski definition) is 3. The number of benzene rings is 1. The highest BCUT2D eigenvalue weighted by Crippen LogP contribution is 2.26. The minimum atomic E-state index is 0.226. The molecule has 1 aromatic carbocycles. The minimum Gasteiger partial charge on any atom is -0.367 e. The first-order valence-electron chi connectivity index (χ1n) is 6.25. The molecule has 0 spiro atoms. The fourth-order valence-electron chi connectivity index (χ4n) is 1.96. The van der Waals surface area contributed by atoms with Gasteiger partial charge in [0.1, 0.15) is 0 Å². The topological polar surface area (TPSA) is 42.1 Å². The third-order valence-corrected chi connectivity index (χ3v) is 3.57. The van der Waals surface area contributed by atoms with E-state index in [-0.39, 0.29) is 6.04 Å². The average Bonchev–Trinajstić information content (AvgIpc) is 2.46. The lowest BCUT2D eigenvalue weighted by molar-refractivity contribution is 0.737. The van der Waals surface area contributed by atoms with Crippen LogP contribution < -0.4 is 10.6 Å². The van der Waals surface area contributed by atoms with E-state index in [1.807, 2.05) is 43.6 Å². The van der Waals surface area contributed by atoms with E-state index < -0.39 is 0 Å². The number of nitrogens with zero attached hydrogens (tertiary/aromatic N) is 2. The summed E-state index contributed by atoms with van der Waals surface area (Å²) >= 11 is 6.03. The molecule has 1 unspecified atom stereocenters. The van der Waals surface area contributed by atoms with Gasteiger partial charge in [0.05, 0.1) is 23.6 Å². The number of pyridine rings is 1. The van der Waals surface area contributed by atoms with Gasteiger partial charge in [0.2, 0.25) is 0 Å². The van der Waals surface area contributed by atoms with Gasteiger partial charge in [-0.3, -0.25) is 4.98 Å². The van der Waals surface area contributed by atoms with Gasteiger partial charge < -0.3 is 10.6 Å². The molecule has 0 aliphatic heterocycles. The summed E-state index contributed by atoms with van der Waals surface area (Å²) in [6.07, 6.45) is 1.85. The van der Waals surface area contributed by atoms with Crippen molar-refractivity contribution < 1.29 is 0 Å². The van der Waals surface area contributed by atoms with Crippen molar-refractivity contribution in [2.45, 2.75) is 19.5 Å². The Kier molecular flexibility index (Phi) is 4.40. The second-order valence-corrected chi connectivity index (χ2v) is 4.99. The number of aromatic nitrogens is 1. The van der Waals surface area contributed by atoms with Crippen molar-refractivity contribution in [3.05, 3.63) is 58.9 Å². The summed E-state index contributed by atoms with van der Waals surface area (Å²) in [6.45, 7) is 2.61. The van der Waals surface area contributed by atoms with E-state index in [2.05, 4.69) is 22.9 Å². The molecule has 0 fully saturated rings. The maximum absolute atomic E-state index is 6.03. The molecule has 100 valence electrons. The van der Waals surface area contributed by atoms with Crippen molar-refractivity contribution in [3.8, 4) is 0 Å². The van der Waals surface area contributed by atoms with Crippen LogP contribution in [0.4, 0.5) is 5.69 Å². The van der Waals surface area contributed by atoms with Crippen molar-refractivity contribution in [1.82, 2.24) is 4.98 Å². The molecule has 0 aliphatic rings. The van der Waals surface area contributed by atoms with Crippen LogP contribution in [-0.2, 0) is 6.54 Å². The van der Waals surface area contributed by atoms with Crippen LogP contribution in [0.1, 0.15) is 24.2 Å². The first-order chi connectivity index (χ1) is 9.11. The molecule has 0 bridgehead atoms. The van der Waals surface area contributed by atoms with Gasteiger partial charge in [-0.1, -0.05) is 23.7 Å². The molecule has 0 aliphatic carbocycles. The van der Waals surface area contributed by atoms with Crippen LogP contribution in [0.5, 0.6) is 0 Å². The maximum Gasteiger partial charge on any atom is 0.0555 e. The van der Waals surface area contributed by atoms with E-state index in [0.29, 0.717) is 6.54 Å². The average molecular weight is 276 g/mol. The van der Waals surface area contributed by atoms with Crippen LogP contribution in [0.3, 0.4) is 0 Å². The number of hydrogen-bond donors (Lipinski definition) is 1. The van der Waals surface area contributed by atoms with Crippen molar-refractivity contribution >= 4 is 17.3 Å². The Labute approximate surface area is 119 Å². The maximum atomic E-state index is 6.03. The summed E-state index contributed by atoms with van der Waals surface area (Å²) in [7, 11) is 2.05. The highest BCUT2D eigenvalue weighted by Gasteiger charge is 2.12. The van der Waals surface area contributed by atoms with Crippen LogP contribution in [0, 0.1) is 0 Å². The molecular weight excluding hydrogens is 258 g/mol. The predicted octanol–water partition coefficient (Wildman–Crippen LogP) is 3.39. The molecule has 4 heteroatoms. The van der Waals surface area contributed by atoms with Crippen LogP contribution in [0.25, 0.3) is 0 Å². The molecule has 0 amide bonds. The van der Waals surface area contributed by atoms with Gasteiger partial charge in [-0.15, -0.1) is 0 Å². The quantitative estimate of drug-likeness (QED) is 0.930. The van der Waals surface area contributed by atoms with Crippen molar-refractivity contribution in [1.29, 1.82) is 0 Å². The van der Waals surface area contributed by atoms with Gasteiger partial charge in [-0.2, -0.15) is 0 Å². The SMILES string of the molecule is CC(c1cccc(Cl)c1)N(C)c1ccc(CN)nc1. The summed E-state index contributed by atoms with van der Waals surface area (Å²) in [5.74, 6) is 0. The van der Waals surface area contributed by atoms with Crippen molar-refractivity contribution in [2.75, 3.05) is 11.9 Å². The second kappa shape index (κ2) is 6.04. The Balaban J connectivity index is 2.20. The van der Waals surface area contributed by atoms with E-state index in [1.54, 1.807) is 0 Å². The number of halogens is 1. The van der Waals surface area contributed by atoms with E-state index in [9.17, 15) is 0 Å². The summed E-state index contributed by atoms with van der Waals surface area (Å²) in [5, 5.41) is 0.759. The molecule has 1 heterocycles. The number of anilines is 1. The predicted molar refractivity (Wildman–Crippen MR) is 80.4 cm³/mol. The molecule has 1 atom stereocenters. The van der Waals surface area contributed by atoms with Gasteiger partial charge in [0.15, 0.2) is 0 Å². The van der Waals surface area contributed by atoms with Crippen LogP contribution >= 0.6 is 11.6 Å². The first kappa shape index (κ1) is 13.8. The first-order valence-corrected chi connectivity index (χ1v) is 6.63. The summed E-state index contributed by atoms with van der Waals surface area (Å²) < 4.78 is 0. The molecule has 0 radical (unpaired) electrons. The van der Waals surface area contributed by atoms with Gasteiger partial charge in [-0.25, -0.2) is 0 Å². The molecule has 0 saturated heterocycles. The van der Waals surface area contributed by atoms with E-state index in [0.717, 1.165) is 16.4 Å². The Morgan fingerprint density at radius 2 is 2.11 bits per heavy atom. The second-order valence-electron chi connectivity index (χ2n) is 4.55. The normalized spacial score (nSPS) is 12.2. The highest BCUT2D eigenvalue weighted by molar-refractivity contribution is 6.30. The molecule has 3 nitrogen and oxygen atoms in total. The molecule has 19 heavy (non-hydrogen) atoms. The Bertz CT molecular complexity index is 539. The monoisotopic (exact) mass is 275 g/mol. The zero-order chi connectivity index (χ0) is 13.8. The molecule has 2 N–H and O–H groups in total. The van der Waals surface area contributed by atoms with Crippen molar-refractivity contribution in [2.24, 2.45) is 5.73 Å². The zero-order valence-electron chi connectivity index (χ0n) is 11.2. The Morgan fingerprint density at radius 3 is 2.68 bits per heavy atom. The van der Waals surface area contributed by atoms with E-state index in [1.165, 1.54) is 5.56 Å². The molecule has 0 saturated carbocycles. The summed E-state index contributed by atoms with van der Waals surface area (Å²) in [6, 6.07) is 12.1. The molecule has 2 rings (SSSR count). The van der Waals surface area contributed by atoms with Crippen LogP contribution in [0.2, 0.25) is 5.02 Å². The lowest BCUT2D eigenvalue weighted by Crippen LogP contribution is -2.21. The Hall–Kier alpha value is -1.58. The highest BCUT2D eigenvalue weighted by atomic mass is 35.5. The summed E-state index contributed by atoms with van der Waals surface area (Å²) in [4.78, 5) is 6.48. The standard InChI is InChI=1S/C15H18ClN3/c1-11(12-4-3-5-13(16)8-12)19(2)15-7-6-14(9-17)18-10-15/h3-8,10-11H,9,17H2,1-2H3. The fourth-order valence-corrected chi connectivity index (χ4v) is 2.16. The van der Waals surface area contributed by atoms with E-state index >= 15 is 0 Å². The molecular formula is C15H18ClN3. The number of rotatable bonds is 4. The van der Waals surface area contributed by atoms with Crippen LogP contribution in [0.15, 0.2) is 42.6 Å². The fraction of sp³-hybridized carbons (Fsp3) is 0.267. The van der Waals surface area contributed by atoms with Gasteiger partial charge in [-0.05, 0) is 36.8 Å². The third kappa shape index (κ3) is 3.25. The van der Waals surface area contributed by atoms with Gasteiger partial charge >= 0.3 is 0 Å². The lowest BCUT2D eigenvalue weighted by Gasteiger charge is -2.27. The minimum absolute atomic E-state index is 0.226. The third-order valence-electron chi connectivity index (χ3n) is 3.34.